The maximum atomic E-state index is 12.7. The molecule has 3 rings (SSSR count). The predicted molar refractivity (Wildman–Crippen MR) is 86.5 cm³/mol. The van der Waals surface area contributed by atoms with Crippen LogP contribution in [0.4, 0.5) is 24.5 Å². The van der Waals surface area contributed by atoms with Gasteiger partial charge in [-0.25, -0.2) is 0 Å². The molecule has 0 heterocycles. The number of carbonyl (C=O) groups excluding carboxylic acids is 1. The molecular weight excluding hydrogens is 369 g/mol. The van der Waals surface area contributed by atoms with E-state index < -0.39 is 52.8 Å². The van der Waals surface area contributed by atoms with Gasteiger partial charge in [-0.05, 0) is 37.0 Å². The van der Waals surface area contributed by atoms with E-state index in [0.29, 0.717) is 18.9 Å². The van der Waals surface area contributed by atoms with Crippen molar-refractivity contribution in [3.05, 3.63) is 23.8 Å². The van der Waals surface area contributed by atoms with Gasteiger partial charge in [0, 0.05) is 11.8 Å². The summed E-state index contributed by atoms with van der Waals surface area (Å²) in [7, 11) is 0. The summed E-state index contributed by atoms with van der Waals surface area (Å²) in [6.45, 7) is 0. The first-order chi connectivity index (χ1) is 12.5. The minimum absolute atomic E-state index is 0.0432. The normalized spacial score (nSPS) is 29.1. The van der Waals surface area contributed by atoms with Crippen LogP contribution in [0.2, 0.25) is 0 Å². The van der Waals surface area contributed by atoms with E-state index in [1.807, 2.05) is 0 Å². The molecule has 5 N–H and O–H groups in total. The molecule has 2 aliphatic rings. The second-order valence-electron chi connectivity index (χ2n) is 7.03. The molecule has 1 aromatic rings. The van der Waals surface area contributed by atoms with Crippen molar-refractivity contribution < 1.29 is 37.8 Å². The van der Waals surface area contributed by atoms with Crippen LogP contribution in [0.1, 0.15) is 24.8 Å². The van der Waals surface area contributed by atoms with Crippen LogP contribution in [0.25, 0.3) is 0 Å². The summed E-state index contributed by atoms with van der Waals surface area (Å²) in [4.78, 5) is 35.3. The molecule has 4 unspecified atom stereocenters. The third-order valence-corrected chi connectivity index (χ3v) is 5.66. The van der Waals surface area contributed by atoms with Gasteiger partial charge in [-0.1, -0.05) is 0 Å². The standard InChI is InChI=1S/C17H17F3N2O5/c18-17(19,20)7-1-4-11(10(21)5-7)22-12(23)6-16-8(13(16)15(26)27)2-3-9(16)14(24)25/h1,4-5,8-9,13H,2-3,6,21H2,(H,22,23)(H,24,25)(H,26,27). The maximum absolute atomic E-state index is 12.7. The van der Waals surface area contributed by atoms with Gasteiger partial charge in [0.25, 0.3) is 0 Å². The van der Waals surface area contributed by atoms with E-state index in [2.05, 4.69) is 5.32 Å². The molecule has 10 heteroatoms. The highest BCUT2D eigenvalue weighted by Crippen LogP contribution is 2.72. The lowest BCUT2D eigenvalue weighted by atomic mass is 9.84. The molecule has 4 atom stereocenters. The first-order valence-electron chi connectivity index (χ1n) is 8.20. The zero-order valence-corrected chi connectivity index (χ0v) is 13.9. The number of nitrogen functional groups attached to an aromatic ring is 1. The number of fused-ring (bicyclic) bond motifs is 1. The number of carboxylic acids is 2. The zero-order chi connectivity index (χ0) is 20.1. The van der Waals surface area contributed by atoms with Crippen molar-refractivity contribution in [1.82, 2.24) is 0 Å². The Labute approximate surface area is 151 Å². The number of hydrogen-bond acceptors (Lipinski definition) is 4. The van der Waals surface area contributed by atoms with Gasteiger partial charge in [0.1, 0.15) is 0 Å². The van der Waals surface area contributed by atoms with Gasteiger partial charge in [-0.15, -0.1) is 0 Å². The predicted octanol–water partition coefficient (Wildman–Crippen LogP) is 2.43. The fraction of sp³-hybridized carbons (Fsp3) is 0.471. The summed E-state index contributed by atoms with van der Waals surface area (Å²) < 4.78 is 38.0. The Balaban J connectivity index is 1.77. The van der Waals surface area contributed by atoms with Crippen LogP contribution >= 0.6 is 0 Å². The van der Waals surface area contributed by atoms with E-state index in [1.54, 1.807) is 0 Å². The topological polar surface area (TPSA) is 130 Å². The van der Waals surface area contributed by atoms with Crippen LogP contribution in [0, 0.1) is 23.2 Å². The molecule has 0 spiro atoms. The third kappa shape index (κ3) is 3.08. The minimum Gasteiger partial charge on any atom is -0.481 e. The van der Waals surface area contributed by atoms with Gasteiger partial charge in [0.2, 0.25) is 5.91 Å². The molecule has 0 radical (unpaired) electrons. The molecule has 0 aromatic heterocycles. The van der Waals surface area contributed by atoms with E-state index >= 15 is 0 Å². The largest absolute Gasteiger partial charge is 0.481 e. The molecule has 27 heavy (non-hydrogen) atoms. The highest BCUT2D eigenvalue weighted by Gasteiger charge is 2.76. The number of benzene rings is 1. The maximum Gasteiger partial charge on any atom is 0.416 e. The van der Waals surface area contributed by atoms with Crippen molar-refractivity contribution >= 4 is 29.2 Å². The van der Waals surface area contributed by atoms with Crippen molar-refractivity contribution in [2.75, 3.05) is 11.1 Å². The number of amides is 1. The molecule has 0 aliphatic heterocycles. The lowest BCUT2D eigenvalue weighted by molar-refractivity contribution is -0.146. The molecular formula is C17H17F3N2O5. The van der Waals surface area contributed by atoms with Crippen LogP contribution in [0.5, 0.6) is 0 Å². The fourth-order valence-electron chi connectivity index (χ4n) is 4.51. The summed E-state index contributed by atoms with van der Waals surface area (Å²) >= 11 is 0. The van der Waals surface area contributed by atoms with Crippen LogP contribution < -0.4 is 11.1 Å². The van der Waals surface area contributed by atoms with Crippen molar-refractivity contribution in [2.45, 2.75) is 25.4 Å². The van der Waals surface area contributed by atoms with Gasteiger partial charge in [-0.3, -0.25) is 14.4 Å². The Morgan fingerprint density at radius 2 is 1.85 bits per heavy atom. The first-order valence-corrected chi connectivity index (χ1v) is 8.20. The number of hydrogen-bond donors (Lipinski definition) is 4. The lowest BCUT2D eigenvalue weighted by Crippen LogP contribution is -2.31. The van der Waals surface area contributed by atoms with Crippen LogP contribution in [0.3, 0.4) is 0 Å². The van der Waals surface area contributed by atoms with Crippen molar-refractivity contribution in [1.29, 1.82) is 0 Å². The molecule has 2 saturated carbocycles. The quantitative estimate of drug-likeness (QED) is 0.575. The summed E-state index contributed by atoms with van der Waals surface area (Å²) in [5.41, 5.74) is 3.10. The average Bonchev–Trinajstić information content (AvgIpc) is 3.01. The van der Waals surface area contributed by atoms with Gasteiger partial charge in [0.15, 0.2) is 0 Å². The molecule has 7 nitrogen and oxygen atoms in total. The number of alkyl halides is 3. The Kier molecular flexibility index (Phi) is 4.32. The van der Waals surface area contributed by atoms with Gasteiger partial charge in [-0.2, -0.15) is 13.2 Å². The van der Waals surface area contributed by atoms with Gasteiger partial charge >= 0.3 is 18.1 Å². The number of rotatable bonds is 5. The van der Waals surface area contributed by atoms with Crippen molar-refractivity contribution in [3.63, 3.8) is 0 Å². The van der Waals surface area contributed by atoms with Crippen LogP contribution in [-0.4, -0.2) is 28.1 Å². The van der Waals surface area contributed by atoms with E-state index in [9.17, 15) is 37.8 Å². The second-order valence-corrected chi connectivity index (χ2v) is 7.03. The van der Waals surface area contributed by atoms with E-state index in [-0.39, 0.29) is 17.8 Å². The Bertz CT molecular complexity index is 825. The van der Waals surface area contributed by atoms with Crippen molar-refractivity contribution in [2.24, 2.45) is 23.2 Å². The first kappa shape index (κ1) is 19.0. The second kappa shape index (κ2) is 6.14. The summed E-state index contributed by atoms with van der Waals surface area (Å²) in [5.74, 6) is -5.23. The molecule has 2 fully saturated rings. The van der Waals surface area contributed by atoms with Crippen LogP contribution in [0.15, 0.2) is 18.2 Å². The highest BCUT2D eigenvalue weighted by molar-refractivity contribution is 5.96. The van der Waals surface area contributed by atoms with E-state index in [1.165, 1.54) is 0 Å². The molecule has 0 saturated heterocycles. The van der Waals surface area contributed by atoms with Gasteiger partial charge < -0.3 is 21.3 Å². The SMILES string of the molecule is Nc1cc(C(F)(F)F)ccc1NC(=O)CC12C(C(=O)O)CCC1C2C(=O)O. The van der Waals surface area contributed by atoms with Gasteiger partial charge in [0.05, 0.1) is 28.8 Å². The fourth-order valence-corrected chi connectivity index (χ4v) is 4.51. The van der Waals surface area contributed by atoms with E-state index in [0.717, 1.165) is 12.1 Å². The smallest absolute Gasteiger partial charge is 0.416 e. The summed E-state index contributed by atoms with van der Waals surface area (Å²) in [5, 5.41) is 21.1. The minimum atomic E-state index is -4.58. The number of anilines is 2. The lowest BCUT2D eigenvalue weighted by Gasteiger charge is -2.21. The molecule has 146 valence electrons. The highest BCUT2D eigenvalue weighted by atomic mass is 19.4. The van der Waals surface area contributed by atoms with Crippen LogP contribution in [-0.2, 0) is 20.6 Å². The number of aliphatic carboxylic acids is 2. The molecule has 0 bridgehead atoms. The monoisotopic (exact) mass is 386 g/mol. The Morgan fingerprint density at radius 3 is 2.33 bits per heavy atom. The number of carbonyl (C=O) groups is 3. The molecule has 1 amide bonds. The number of halogens is 3. The summed E-state index contributed by atoms with van der Waals surface area (Å²) in [6.07, 6.45) is -4.22. The number of nitrogens with one attached hydrogen (secondary N) is 1. The Morgan fingerprint density at radius 1 is 1.19 bits per heavy atom. The zero-order valence-electron chi connectivity index (χ0n) is 13.9. The molecule has 2 aliphatic carbocycles. The number of nitrogens with two attached hydrogens (primary N) is 1. The summed E-state index contributed by atoms with van der Waals surface area (Å²) in [6, 6.07) is 2.46. The average molecular weight is 386 g/mol. The van der Waals surface area contributed by atoms with Crippen molar-refractivity contribution in [3.8, 4) is 0 Å². The third-order valence-electron chi connectivity index (χ3n) is 5.66. The molecule has 1 aromatic carbocycles. The number of carboxylic acid groups (broad SMARTS) is 2. The van der Waals surface area contributed by atoms with E-state index in [4.69, 9.17) is 5.73 Å². The Hall–Kier alpha value is -2.78.